The molecule has 0 aliphatic heterocycles. The fraction of sp³-hybridized carbons (Fsp3) is 0.647. The second-order valence-electron chi connectivity index (χ2n) is 5.50. The van der Waals surface area contributed by atoms with Crippen molar-refractivity contribution in [2.75, 3.05) is 13.1 Å². The van der Waals surface area contributed by atoms with Crippen LogP contribution in [0.3, 0.4) is 0 Å². The molecule has 1 aromatic rings. The number of quaternary nitrogens is 1. The van der Waals surface area contributed by atoms with Crippen LogP contribution in [0.15, 0.2) is 29.2 Å². The van der Waals surface area contributed by atoms with Crippen LogP contribution < -0.4 is 5.32 Å². The Balaban J connectivity index is 0.000000401. The van der Waals surface area contributed by atoms with E-state index in [4.69, 9.17) is 0 Å². The first-order valence-corrected chi connectivity index (χ1v) is 9.67. The summed E-state index contributed by atoms with van der Waals surface area (Å²) in [7, 11) is -4.28. The molecule has 2 N–H and O–H groups in total. The molecule has 0 fully saturated rings. The molecule has 0 aliphatic carbocycles. The van der Waals surface area contributed by atoms with E-state index in [1.165, 1.54) is 63.7 Å². The molecule has 22 heavy (non-hydrogen) atoms. The number of hydrogen-bond acceptors (Lipinski definition) is 3. The van der Waals surface area contributed by atoms with E-state index in [1.54, 1.807) is 19.1 Å². The first kappa shape index (κ1) is 21.1. The van der Waals surface area contributed by atoms with Crippen molar-refractivity contribution in [3.05, 3.63) is 29.8 Å². The summed E-state index contributed by atoms with van der Waals surface area (Å²) in [5.41, 5.74) is 0.488. The Labute approximate surface area is 136 Å². The summed E-state index contributed by atoms with van der Waals surface area (Å²) in [6, 6.07) is 6.10. The molecule has 0 bridgehead atoms. The van der Waals surface area contributed by atoms with E-state index < -0.39 is 10.1 Å². The molecule has 0 radical (unpaired) electrons. The van der Waals surface area contributed by atoms with Crippen molar-refractivity contribution in [3.63, 3.8) is 0 Å². The average molecular weight is 330 g/mol. The van der Waals surface area contributed by atoms with Gasteiger partial charge in [-0.15, -0.1) is 0 Å². The quantitative estimate of drug-likeness (QED) is 0.559. The minimum atomic E-state index is -4.28. The molecule has 1 rings (SSSR count). The molecule has 128 valence electrons. The highest BCUT2D eigenvalue weighted by atomic mass is 32.2. The number of unbranched alkanes of at least 4 members (excludes halogenated alkanes) is 4. The van der Waals surface area contributed by atoms with Gasteiger partial charge in [-0.05, 0) is 44.2 Å². The summed E-state index contributed by atoms with van der Waals surface area (Å²) < 4.78 is 31.5. The third kappa shape index (κ3) is 10.8. The zero-order valence-electron chi connectivity index (χ0n) is 14.2. The smallest absolute Gasteiger partial charge is 0.124 e. The van der Waals surface area contributed by atoms with Gasteiger partial charge in [0, 0.05) is 0 Å². The molecule has 0 aliphatic rings. The highest BCUT2D eigenvalue weighted by molar-refractivity contribution is 7.85. The number of benzene rings is 1. The van der Waals surface area contributed by atoms with Crippen LogP contribution in [0.25, 0.3) is 0 Å². The molecule has 0 aromatic heterocycles. The topological polar surface area (TPSA) is 73.8 Å². The van der Waals surface area contributed by atoms with Crippen LogP contribution in [0, 0.1) is 6.92 Å². The Morgan fingerprint density at radius 3 is 1.82 bits per heavy atom. The van der Waals surface area contributed by atoms with Crippen LogP contribution >= 0.6 is 0 Å². The van der Waals surface area contributed by atoms with Gasteiger partial charge in [0.05, 0.1) is 18.0 Å². The van der Waals surface area contributed by atoms with Gasteiger partial charge in [0.2, 0.25) is 0 Å². The maximum absolute atomic E-state index is 10.5. The first-order valence-electron chi connectivity index (χ1n) is 8.26. The minimum absolute atomic E-state index is 0.139. The van der Waals surface area contributed by atoms with Gasteiger partial charge in [0.1, 0.15) is 10.1 Å². The zero-order chi connectivity index (χ0) is 16.8. The van der Waals surface area contributed by atoms with Gasteiger partial charge in [0.15, 0.2) is 0 Å². The molecule has 0 saturated carbocycles. The van der Waals surface area contributed by atoms with Crippen molar-refractivity contribution in [3.8, 4) is 0 Å². The van der Waals surface area contributed by atoms with Crippen LogP contribution in [0.2, 0.25) is 0 Å². The van der Waals surface area contributed by atoms with Crippen molar-refractivity contribution < 1.29 is 18.3 Å². The van der Waals surface area contributed by atoms with Crippen molar-refractivity contribution >= 4 is 10.1 Å². The summed E-state index contributed by atoms with van der Waals surface area (Å²) in [4.78, 5) is -0.139. The zero-order valence-corrected chi connectivity index (χ0v) is 15.0. The van der Waals surface area contributed by atoms with E-state index >= 15 is 0 Å². The van der Waals surface area contributed by atoms with Gasteiger partial charge in [-0.3, -0.25) is 0 Å². The van der Waals surface area contributed by atoms with Crippen LogP contribution in [-0.4, -0.2) is 26.1 Å². The molecule has 0 spiro atoms. The maximum Gasteiger partial charge on any atom is 0.124 e. The Morgan fingerprint density at radius 2 is 1.45 bits per heavy atom. The van der Waals surface area contributed by atoms with Crippen molar-refractivity contribution in [2.24, 2.45) is 0 Å². The van der Waals surface area contributed by atoms with E-state index in [-0.39, 0.29) is 4.90 Å². The molecule has 0 atom stereocenters. The van der Waals surface area contributed by atoms with Crippen LogP contribution in [0.4, 0.5) is 0 Å². The monoisotopic (exact) mass is 329 g/mol. The maximum atomic E-state index is 10.5. The number of hydrogen-bond donors (Lipinski definition) is 1. The standard InChI is InChI=1S/C10H23N.C7H8O3S/c1-3-5-7-9-11-10-8-6-4-2;1-6-4-2-3-5-7(6)11(8,9)10/h11H,3-10H2,1-2H3;2-5H,1H3,(H,8,9,10). The van der Waals surface area contributed by atoms with E-state index in [1.807, 2.05) is 0 Å². The lowest BCUT2D eigenvalue weighted by Crippen LogP contribution is -2.84. The van der Waals surface area contributed by atoms with Crippen LogP contribution in [0.1, 0.15) is 57.9 Å². The van der Waals surface area contributed by atoms with Gasteiger partial charge < -0.3 is 9.87 Å². The fourth-order valence-corrected chi connectivity index (χ4v) is 2.77. The number of rotatable bonds is 9. The van der Waals surface area contributed by atoms with Crippen molar-refractivity contribution in [2.45, 2.75) is 64.2 Å². The lowest BCUT2D eigenvalue weighted by molar-refractivity contribution is -0.655. The largest absolute Gasteiger partial charge is 0.744 e. The van der Waals surface area contributed by atoms with Gasteiger partial charge in [-0.1, -0.05) is 44.9 Å². The molecule has 0 saturated heterocycles. The lowest BCUT2D eigenvalue weighted by Gasteiger charge is -2.08. The summed E-state index contributed by atoms with van der Waals surface area (Å²) >= 11 is 0. The summed E-state index contributed by atoms with van der Waals surface area (Å²) in [5, 5.41) is 2.46. The van der Waals surface area contributed by atoms with Crippen molar-refractivity contribution in [1.29, 1.82) is 0 Å². The molecule has 5 heteroatoms. The fourth-order valence-electron chi connectivity index (χ4n) is 2.06. The van der Waals surface area contributed by atoms with Gasteiger partial charge in [-0.2, -0.15) is 0 Å². The Kier molecular flexibility index (Phi) is 12.1. The molecular weight excluding hydrogens is 298 g/mol. The predicted octanol–water partition coefficient (Wildman–Crippen LogP) is 2.83. The van der Waals surface area contributed by atoms with Gasteiger partial charge in [0.25, 0.3) is 0 Å². The predicted molar refractivity (Wildman–Crippen MR) is 89.9 cm³/mol. The summed E-state index contributed by atoms with van der Waals surface area (Å²) in [5.74, 6) is 0. The van der Waals surface area contributed by atoms with E-state index in [0.717, 1.165) is 0 Å². The molecule has 4 nitrogen and oxygen atoms in total. The molecule has 0 amide bonds. The van der Waals surface area contributed by atoms with E-state index in [2.05, 4.69) is 19.2 Å². The second kappa shape index (κ2) is 12.6. The molecular formula is C17H31NO3S. The third-order valence-corrected chi connectivity index (χ3v) is 4.38. The second-order valence-corrected chi connectivity index (χ2v) is 6.85. The first-order chi connectivity index (χ1) is 10.4. The van der Waals surface area contributed by atoms with Gasteiger partial charge in [-0.25, -0.2) is 8.42 Å². The lowest BCUT2D eigenvalue weighted by atomic mass is 10.2. The summed E-state index contributed by atoms with van der Waals surface area (Å²) in [6.45, 7) is 8.80. The van der Waals surface area contributed by atoms with E-state index in [0.29, 0.717) is 5.56 Å². The Hall–Kier alpha value is -0.910. The van der Waals surface area contributed by atoms with Crippen LogP contribution in [-0.2, 0) is 10.1 Å². The third-order valence-electron chi connectivity index (χ3n) is 3.39. The molecule has 1 aromatic carbocycles. The number of nitrogens with two attached hydrogens (primary N) is 1. The van der Waals surface area contributed by atoms with Crippen molar-refractivity contribution in [1.82, 2.24) is 0 Å². The molecule has 0 unspecified atom stereocenters. The molecule has 0 heterocycles. The summed E-state index contributed by atoms with van der Waals surface area (Å²) in [6.07, 6.45) is 8.32. The van der Waals surface area contributed by atoms with Gasteiger partial charge >= 0.3 is 0 Å². The highest BCUT2D eigenvalue weighted by Gasteiger charge is 2.02. The average Bonchev–Trinajstić information content (AvgIpc) is 2.46. The minimum Gasteiger partial charge on any atom is -0.744 e. The Bertz CT molecular complexity index is 478. The van der Waals surface area contributed by atoms with E-state index in [9.17, 15) is 13.0 Å². The number of aryl methyl sites for hydroxylation is 1. The van der Waals surface area contributed by atoms with Crippen LogP contribution in [0.5, 0.6) is 0 Å². The SMILES string of the molecule is CCCCC[NH2+]CCCCC.Cc1ccccc1S(=O)(=O)[O-]. The highest BCUT2D eigenvalue weighted by Crippen LogP contribution is 2.12. The Morgan fingerprint density at radius 1 is 0.955 bits per heavy atom. The normalized spacial score (nSPS) is 10.9.